The smallest absolute Gasteiger partial charge is 0.340 e. The number of anilines is 1. The average Bonchev–Trinajstić information content (AvgIpc) is 3.52. The lowest BCUT2D eigenvalue weighted by Crippen LogP contribution is -2.83. The van der Waals surface area contributed by atoms with Gasteiger partial charge in [-0.1, -0.05) is 18.2 Å². The van der Waals surface area contributed by atoms with Gasteiger partial charge in [0, 0.05) is 57.6 Å². The first-order valence-corrected chi connectivity index (χ1v) is 18.0. The number of benzene rings is 2. The maximum Gasteiger partial charge on any atom is 0.340 e. The molecular formula is C35H46N2O10S. The zero-order valence-electron chi connectivity index (χ0n) is 28.2. The highest BCUT2D eigenvalue weighted by atomic mass is 32.2. The van der Waals surface area contributed by atoms with Crippen LogP contribution in [0.2, 0.25) is 0 Å². The number of ether oxygens (including phenoxy) is 5. The van der Waals surface area contributed by atoms with Gasteiger partial charge < -0.3 is 33.9 Å². The first-order chi connectivity index (χ1) is 22.8. The summed E-state index contributed by atoms with van der Waals surface area (Å²) < 4.78 is 59.2. The van der Waals surface area contributed by atoms with E-state index in [1.807, 2.05) is 14.0 Å². The third-order valence-corrected chi connectivity index (χ3v) is 14.2. The summed E-state index contributed by atoms with van der Waals surface area (Å²) in [5, 5.41) is 25.4. The molecule has 262 valence electrons. The molecule has 48 heavy (non-hydrogen) atoms. The van der Waals surface area contributed by atoms with Crippen LogP contribution in [0.3, 0.4) is 0 Å². The summed E-state index contributed by atoms with van der Waals surface area (Å²) in [7, 11) is 4.25. The zero-order chi connectivity index (χ0) is 34.4. The second-order valence-electron chi connectivity index (χ2n) is 14.4. The van der Waals surface area contributed by atoms with Crippen LogP contribution in [0.1, 0.15) is 49.4 Å². The molecule has 11 atom stereocenters. The third-order valence-electron chi connectivity index (χ3n) is 12.8. The monoisotopic (exact) mass is 686 g/mol. The van der Waals surface area contributed by atoms with Gasteiger partial charge in [0.05, 0.1) is 47.1 Å². The van der Waals surface area contributed by atoms with Gasteiger partial charge in [0.15, 0.2) is 0 Å². The summed E-state index contributed by atoms with van der Waals surface area (Å²) in [6, 6.07) is 11.9. The Bertz CT molecular complexity index is 1710. The van der Waals surface area contributed by atoms with Crippen molar-refractivity contribution in [3.05, 3.63) is 54.1 Å². The molecule has 2 aromatic rings. The summed E-state index contributed by atoms with van der Waals surface area (Å²) in [5.41, 5.74) is -4.80. The molecule has 2 saturated heterocycles. The van der Waals surface area contributed by atoms with Crippen molar-refractivity contribution in [2.24, 2.45) is 17.8 Å². The number of aliphatic hydroxyl groups is 2. The summed E-state index contributed by atoms with van der Waals surface area (Å²) in [4.78, 5) is 16.4. The minimum absolute atomic E-state index is 0.0144. The number of nitrogens with one attached hydrogen (secondary N) is 1. The van der Waals surface area contributed by atoms with Crippen molar-refractivity contribution >= 4 is 21.7 Å². The van der Waals surface area contributed by atoms with Crippen LogP contribution >= 0.6 is 0 Å². The van der Waals surface area contributed by atoms with Crippen LogP contribution in [-0.2, 0) is 29.0 Å². The Balaban J connectivity index is 1.25. The number of methoxy groups -OCH3 is 4. The number of likely N-dealkylation sites (N-methyl/N-ethyl adjacent to an activating group) is 1. The van der Waals surface area contributed by atoms with E-state index in [0.29, 0.717) is 31.4 Å². The number of hydrogen-bond donors (Lipinski definition) is 3. The lowest BCUT2D eigenvalue weighted by molar-refractivity contribution is -0.318. The van der Waals surface area contributed by atoms with Crippen LogP contribution in [0.4, 0.5) is 5.69 Å². The fourth-order valence-corrected chi connectivity index (χ4v) is 12.0. The standard InChI is InChI=1S/C35H46N2O10S/c1-32(47-31(38)22-12-7-8-13-24(22)36-48(41,42)21-11-9-10-20(16-21)43-3)15-14-29(45-5)34-26(32)18-28(37(34)2)33(39)19-25(44-4)23-17-27(34)35(33,40)30(23)46-6/h7-13,16,23,25-30,36,39-40H,14-15,17-19H2,1-6H3/t23-,25+,26?,27?,28-,29+,30+,32?,33+,34?,35+/m1/s1. The Morgan fingerprint density at radius 3 is 2.42 bits per heavy atom. The van der Waals surface area contributed by atoms with E-state index in [0.717, 1.165) is 0 Å². The number of sulfonamides is 1. The number of rotatable bonds is 9. The number of carbonyl (C=O) groups is 1. The predicted molar refractivity (Wildman–Crippen MR) is 174 cm³/mol. The molecule has 12 nitrogen and oxygen atoms in total. The second kappa shape index (κ2) is 11.4. The maximum atomic E-state index is 14.2. The Labute approximate surface area is 281 Å². The van der Waals surface area contributed by atoms with Gasteiger partial charge in [-0.15, -0.1) is 0 Å². The van der Waals surface area contributed by atoms with E-state index in [-0.39, 0.29) is 46.6 Å². The van der Waals surface area contributed by atoms with E-state index < -0.39 is 56.4 Å². The molecule has 2 aromatic carbocycles. The van der Waals surface area contributed by atoms with E-state index in [1.54, 1.807) is 45.6 Å². The van der Waals surface area contributed by atoms with E-state index in [4.69, 9.17) is 23.7 Å². The van der Waals surface area contributed by atoms with Crippen molar-refractivity contribution in [3.8, 4) is 5.75 Å². The molecule has 2 heterocycles. The van der Waals surface area contributed by atoms with Crippen molar-refractivity contribution in [1.29, 1.82) is 0 Å². The van der Waals surface area contributed by atoms with E-state index in [9.17, 15) is 23.4 Å². The molecule has 4 bridgehead atoms. The zero-order valence-corrected chi connectivity index (χ0v) is 29.0. The van der Waals surface area contributed by atoms with E-state index >= 15 is 0 Å². The molecule has 2 aliphatic heterocycles. The summed E-state index contributed by atoms with van der Waals surface area (Å²) >= 11 is 0. The van der Waals surface area contributed by atoms with Gasteiger partial charge in [0.1, 0.15) is 22.6 Å². The highest BCUT2D eigenvalue weighted by molar-refractivity contribution is 7.92. The van der Waals surface area contributed by atoms with Crippen LogP contribution < -0.4 is 9.46 Å². The molecular weight excluding hydrogens is 640 g/mol. The largest absolute Gasteiger partial charge is 0.497 e. The first kappa shape index (κ1) is 33.7. The Morgan fingerprint density at radius 2 is 1.73 bits per heavy atom. The molecule has 4 unspecified atom stereocenters. The normalized spacial score (nSPS) is 41.5. The number of piperidine rings is 1. The Hall–Kier alpha value is -2.78. The topological polar surface area (TPSA) is 153 Å². The van der Waals surface area contributed by atoms with Crippen molar-refractivity contribution in [3.63, 3.8) is 0 Å². The molecule has 5 fully saturated rings. The molecule has 1 spiro atoms. The van der Waals surface area contributed by atoms with Gasteiger partial charge in [0.2, 0.25) is 0 Å². The molecule has 3 N–H and O–H groups in total. The van der Waals surface area contributed by atoms with Gasteiger partial charge in [-0.3, -0.25) is 9.62 Å². The summed E-state index contributed by atoms with van der Waals surface area (Å²) in [6.45, 7) is 1.92. The van der Waals surface area contributed by atoms with Gasteiger partial charge in [-0.25, -0.2) is 13.2 Å². The third kappa shape index (κ3) is 4.28. The highest BCUT2D eigenvalue weighted by Crippen LogP contribution is 2.72. The van der Waals surface area contributed by atoms with Gasteiger partial charge in [-0.05, 0) is 63.9 Å². The first-order valence-electron chi connectivity index (χ1n) is 16.5. The number of hydrogen-bond acceptors (Lipinski definition) is 11. The molecule has 5 aliphatic rings. The number of carbonyl (C=O) groups excluding carboxylic acids is 1. The van der Waals surface area contributed by atoms with Crippen LogP contribution in [0.15, 0.2) is 53.4 Å². The van der Waals surface area contributed by atoms with Gasteiger partial charge >= 0.3 is 5.97 Å². The van der Waals surface area contributed by atoms with Gasteiger partial charge in [-0.2, -0.15) is 0 Å². The molecule has 0 radical (unpaired) electrons. The van der Waals surface area contributed by atoms with Crippen LogP contribution in [0, 0.1) is 17.8 Å². The molecule has 13 heteroatoms. The minimum Gasteiger partial charge on any atom is -0.497 e. The molecule has 0 amide bonds. The number of fused-ring (bicyclic) bond motifs is 3. The summed E-state index contributed by atoms with van der Waals surface area (Å²) in [5.74, 6) is -1.23. The van der Waals surface area contributed by atoms with Crippen molar-refractivity contribution in [2.45, 2.75) is 90.6 Å². The molecule has 7 rings (SSSR count). The maximum absolute atomic E-state index is 14.2. The lowest BCUT2D eigenvalue weighted by Gasteiger charge is -2.66. The quantitative estimate of drug-likeness (QED) is 0.334. The van der Waals surface area contributed by atoms with Crippen LogP contribution in [0.25, 0.3) is 0 Å². The number of para-hydroxylation sites is 1. The molecule has 3 saturated carbocycles. The Morgan fingerprint density at radius 1 is 0.979 bits per heavy atom. The fraction of sp³-hybridized carbons (Fsp3) is 0.629. The summed E-state index contributed by atoms with van der Waals surface area (Å²) in [6.07, 6.45) is 1.01. The number of nitrogens with zero attached hydrogens (tertiary/aromatic N) is 1. The van der Waals surface area contributed by atoms with E-state index in [2.05, 4.69) is 9.62 Å². The van der Waals surface area contributed by atoms with Crippen molar-refractivity contribution in [2.75, 3.05) is 40.2 Å². The molecule has 0 aromatic heterocycles. The minimum atomic E-state index is -4.08. The van der Waals surface area contributed by atoms with Crippen LogP contribution in [0.5, 0.6) is 5.75 Å². The van der Waals surface area contributed by atoms with E-state index in [1.165, 1.54) is 31.4 Å². The van der Waals surface area contributed by atoms with Crippen molar-refractivity contribution < 1.29 is 47.1 Å². The highest BCUT2D eigenvalue weighted by Gasteiger charge is 2.86. The SMILES string of the molecule is COc1cccc(S(=O)(=O)Nc2ccccc2C(=O)OC2(C)CC[C@H](OC)C34C2C[C@@H](N3C)[C@@]2(O)C[C@H](OC)[C@H]3CC4[C@]2(O)[C@H]3OC)c1. The predicted octanol–water partition coefficient (Wildman–Crippen LogP) is 2.83. The van der Waals surface area contributed by atoms with Crippen molar-refractivity contribution in [1.82, 2.24) is 4.90 Å². The van der Waals surface area contributed by atoms with Gasteiger partial charge in [0.25, 0.3) is 10.0 Å². The fourth-order valence-electron chi connectivity index (χ4n) is 10.9. The average molecular weight is 687 g/mol. The second-order valence-corrected chi connectivity index (χ2v) is 16.1. The Kier molecular flexibility index (Phi) is 7.99. The number of esters is 1. The molecule has 3 aliphatic carbocycles. The van der Waals surface area contributed by atoms with Crippen LogP contribution in [-0.4, -0.2) is 112 Å². The lowest BCUT2D eigenvalue weighted by atomic mass is 9.53.